The number of furan rings is 1. The average Bonchev–Trinajstić information content (AvgIpc) is 2.92. The van der Waals surface area contributed by atoms with Gasteiger partial charge in [0.25, 0.3) is 0 Å². The van der Waals surface area contributed by atoms with E-state index in [9.17, 15) is 0 Å². The van der Waals surface area contributed by atoms with Crippen molar-refractivity contribution in [2.45, 2.75) is 13.5 Å². The van der Waals surface area contributed by atoms with Crippen LogP contribution in [-0.4, -0.2) is 0 Å². The molecule has 0 amide bonds. The van der Waals surface area contributed by atoms with Gasteiger partial charge in [0.2, 0.25) is 0 Å². The molecule has 0 bridgehead atoms. The summed E-state index contributed by atoms with van der Waals surface area (Å²) >= 11 is 0. The summed E-state index contributed by atoms with van der Waals surface area (Å²) in [6.45, 7) is 2.77. The van der Waals surface area contributed by atoms with Crippen LogP contribution in [0.2, 0.25) is 0 Å². The molecule has 2 nitrogen and oxygen atoms in total. The second-order valence-electron chi connectivity index (χ2n) is 4.82. The van der Waals surface area contributed by atoms with Crippen molar-refractivity contribution in [1.82, 2.24) is 0 Å². The standard InChI is InChI=1S/C18H17NO/c1-14-11-12-20-18(14)13-19-17-9-7-16(8-10-17)15-5-3-2-4-6-15/h2-12,19H,13H2,1H3. The molecule has 3 aromatic rings. The van der Waals surface area contributed by atoms with E-state index in [1.165, 1.54) is 16.7 Å². The summed E-state index contributed by atoms with van der Waals surface area (Å²) in [5.74, 6) is 0.983. The summed E-state index contributed by atoms with van der Waals surface area (Å²) in [7, 11) is 0. The number of hydrogen-bond donors (Lipinski definition) is 1. The van der Waals surface area contributed by atoms with Crippen LogP contribution in [-0.2, 0) is 6.54 Å². The smallest absolute Gasteiger partial charge is 0.125 e. The molecule has 0 radical (unpaired) electrons. The molecule has 0 aliphatic carbocycles. The quantitative estimate of drug-likeness (QED) is 0.726. The lowest BCUT2D eigenvalue weighted by Gasteiger charge is -2.07. The fraction of sp³-hybridized carbons (Fsp3) is 0.111. The number of rotatable bonds is 4. The van der Waals surface area contributed by atoms with Crippen molar-refractivity contribution in [3.05, 3.63) is 78.3 Å². The minimum absolute atomic E-state index is 0.712. The predicted molar refractivity (Wildman–Crippen MR) is 82.6 cm³/mol. The third kappa shape index (κ3) is 2.75. The lowest BCUT2D eigenvalue weighted by Crippen LogP contribution is -1.99. The fourth-order valence-corrected chi connectivity index (χ4v) is 2.18. The zero-order chi connectivity index (χ0) is 13.8. The SMILES string of the molecule is Cc1ccoc1CNc1ccc(-c2ccccc2)cc1. The van der Waals surface area contributed by atoms with Crippen molar-refractivity contribution in [2.24, 2.45) is 0 Å². The van der Waals surface area contributed by atoms with Gasteiger partial charge in [-0.05, 0) is 41.8 Å². The highest BCUT2D eigenvalue weighted by Crippen LogP contribution is 2.21. The molecule has 0 spiro atoms. The summed E-state index contributed by atoms with van der Waals surface area (Å²) in [5, 5.41) is 3.37. The third-order valence-corrected chi connectivity index (χ3v) is 3.41. The minimum atomic E-state index is 0.712. The van der Waals surface area contributed by atoms with E-state index in [1.54, 1.807) is 6.26 Å². The predicted octanol–water partition coefficient (Wildman–Crippen LogP) is 4.87. The first kappa shape index (κ1) is 12.5. The number of nitrogens with one attached hydrogen (secondary N) is 1. The first-order valence-corrected chi connectivity index (χ1v) is 6.75. The van der Waals surface area contributed by atoms with Gasteiger partial charge in [-0.15, -0.1) is 0 Å². The molecule has 1 heterocycles. The van der Waals surface area contributed by atoms with Crippen molar-refractivity contribution >= 4 is 5.69 Å². The maximum absolute atomic E-state index is 5.42. The van der Waals surface area contributed by atoms with Crippen molar-refractivity contribution < 1.29 is 4.42 Å². The Bertz CT molecular complexity index is 668. The molecule has 0 unspecified atom stereocenters. The summed E-state index contributed by atoms with van der Waals surface area (Å²) in [5.41, 5.74) is 4.74. The second kappa shape index (κ2) is 5.66. The molecule has 1 N–H and O–H groups in total. The second-order valence-corrected chi connectivity index (χ2v) is 4.82. The molecule has 0 saturated carbocycles. The molecule has 3 rings (SSSR count). The van der Waals surface area contributed by atoms with E-state index in [0.717, 1.165) is 11.4 Å². The third-order valence-electron chi connectivity index (χ3n) is 3.41. The molecule has 0 saturated heterocycles. The molecule has 0 aliphatic rings. The van der Waals surface area contributed by atoms with E-state index in [1.807, 2.05) is 12.1 Å². The van der Waals surface area contributed by atoms with E-state index in [-0.39, 0.29) is 0 Å². The molecular formula is C18H17NO. The van der Waals surface area contributed by atoms with Gasteiger partial charge < -0.3 is 9.73 Å². The Labute approximate surface area is 119 Å². The minimum Gasteiger partial charge on any atom is -0.467 e. The number of hydrogen-bond acceptors (Lipinski definition) is 2. The molecule has 1 aromatic heterocycles. The maximum atomic E-state index is 5.42. The lowest BCUT2D eigenvalue weighted by atomic mass is 10.1. The fourth-order valence-electron chi connectivity index (χ4n) is 2.18. The summed E-state index contributed by atoms with van der Waals surface area (Å²) in [4.78, 5) is 0. The van der Waals surface area contributed by atoms with Gasteiger partial charge >= 0.3 is 0 Å². The number of aryl methyl sites for hydroxylation is 1. The van der Waals surface area contributed by atoms with E-state index in [4.69, 9.17) is 4.42 Å². The van der Waals surface area contributed by atoms with Crippen LogP contribution in [0.15, 0.2) is 71.3 Å². The van der Waals surface area contributed by atoms with Gasteiger partial charge in [0.1, 0.15) is 5.76 Å². The largest absolute Gasteiger partial charge is 0.467 e. The van der Waals surface area contributed by atoms with Gasteiger partial charge in [0.05, 0.1) is 12.8 Å². The van der Waals surface area contributed by atoms with Crippen LogP contribution in [0.4, 0.5) is 5.69 Å². The Morgan fingerprint density at radius 3 is 2.20 bits per heavy atom. The van der Waals surface area contributed by atoms with Crippen LogP contribution in [0.25, 0.3) is 11.1 Å². The Balaban J connectivity index is 1.69. The maximum Gasteiger partial charge on any atom is 0.125 e. The first-order chi connectivity index (χ1) is 9.83. The van der Waals surface area contributed by atoms with Gasteiger partial charge in [-0.1, -0.05) is 42.5 Å². The van der Waals surface area contributed by atoms with Gasteiger partial charge in [-0.2, -0.15) is 0 Å². The number of benzene rings is 2. The van der Waals surface area contributed by atoms with Gasteiger partial charge in [0.15, 0.2) is 0 Å². The normalized spacial score (nSPS) is 10.4. The van der Waals surface area contributed by atoms with Crippen molar-refractivity contribution in [3.8, 4) is 11.1 Å². The number of anilines is 1. The lowest BCUT2D eigenvalue weighted by molar-refractivity contribution is 0.515. The van der Waals surface area contributed by atoms with Crippen LogP contribution < -0.4 is 5.32 Å². The highest BCUT2D eigenvalue weighted by Gasteiger charge is 2.02. The van der Waals surface area contributed by atoms with E-state index < -0.39 is 0 Å². The summed E-state index contributed by atoms with van der Waals surface area (Å²) in [6.07, 6.45) is 1.73. The van der Waals surface area contributed by atoms with Crippen LogP contribution in [0.1, 0.15) is 11.3 Å². The van der Waals surface area contributed by atoms with Gasteiger partial charge in [0, 0.05) is 5.69 Å². The first-order valence-electron chi connectivity index (χ1n) is 6.75. The molecule has 2 aromatic carbocycles. The van der Waals surface area contributed by atoms with Gasteiger partial charge in [-0.3, -0.25) is 0 Å². The molecule has 0 atom stereocenters. The molecule has 0 fully saturated rings. The van der Waals surface area contributed by atoms with Crippen molar-refractivity contribution in [2.75, 3.05) is 5.32 Å². The topological polar surface area (TPSA) is 25.2 Å². The monoisotopic (exact) mass is 263 g/mol. The van der Waals surface area contributed by atoms with Crippen molar-refractivity contribution in [3.63, 3.8) is 0 Å². The molecule has 2 heteroatoms. The molecule has 0 aliphatic heterocycles. The van der Waals surface area contributed by atoms with Crippen molar-refractivity contribution in [1.29, 1.82) is 0 Å². The Kier molecular flexibility index (Phi) is 3.55. The Hall–Kier alpha value is -2.48. The van der Waals surface area contributed by atoms with Crippen LogP contribution >= 0.6 is 0 Å². The summed E-state index contributed by atoms with van der Waals surface area (Å²) < 4.78 is 5.42. The zero-order valence-corrected chi connectivity index (χ0v) is 11.5. The average molecular weight is 263 g/mol. The van der Waals surface area contributed by atoms with Gasteiger partial charge in [-0.25, -0.2) is 0 Å². The van der Waals surface area contributed by atoms with Crippen LogP contribution in [0.3, 0.4) is 0 Å². The van der Waals surface area contributed by atoms with E-state index >= 15 is 0 Å². The Morgan fingerprint density at radius 2 is 1.55 bits per heavy atom. The highest BCUT2D eigenvalue weighted by molar-refractivity contribution is 5.65. The van der Waals surface area contributed by atoms with Crippen LogP contribution in [0, 0.1) is 6.92 Å². The molecule has 100 valence electrons. The zero-order valence-electron chi connectivity index (χ0n) is 11.5. The van der Waals surface area contributed by atoms with Crippen LogP contribution in [0.5, 0.6) is 0 Å². The summed E-state index contributed by atoms with van der Waals surface area (Å²) in [6, 6.07) is 20.8. The van der Waals surface area contributed by atoms with E-state index in [2.05, 4.69) is 60.8 Å². The molecule has 20 heavy (non-hydrogen) atoms. The highest BCUT2D eigenvalue weighted by atomic mass is 16.3. The van der Waals surface area contributed by atoms with E-state index in [0.29, 0.717) is 6.54 Å². The molecular weight excluding hydrogens is 246 g/mol. The Morgan fingerprint density at radius 1 is 0.850 bits per heavy atom.